The van der Waals surface area contributed by atoms with Crippen molar-refractivity contribution in [3.05, 3.63) is 54.6 Å². The first-order valence-electron chi connectivity index (χ1n) is 6.60. The molecule has 106 valence electrons. The summed E-state index contributed by atoms with van der Waals surface area (Å²) in [6, 6.07) is 16.9. The van der Waals surface area contributed by atoms with Crippen LogP contribution in [0.25, 0.3) is 11.1 Å². The molecule has 0 aliphatic heterocycles. The van der Waals surface area contributed by atoms with Crippen molar-refractivity contribution in [3.8, 4) is 0 Å². The van der Waals surface area contributed by atoms with E-state index in [9.17, 15) is 4.79 Å². The molecule has 0 aliphatic rings. The number of hydrogen-bond acceptors (Lipinski definition) is 4. The lowest BCUT2D eigenvalue weighted by Gasteiger charge is -2.09. The van der Waals surface area contributed by atoms with Gasteiger partial charge >= 0.3 is 0 Å². The molecule has 0 unspecified atom stereocenters. The van der Waals surface area contributed by atoms with Gasteiger partial charge in [-0.1, -0.05) is 42.1 Å². The van der Waals surface area contributed by atoms with Gasteiger partial charge in [-0.2, -0.15) is 0 Å². The predicted molar refractivity (Wildman–Crippen MR) is 84.4 cm³/mol. The van der Waals surface area contributed by atoms with Gasteiger partial charge in [-0.25, -0.2) is 4.98 Å². The van der Waals surface area contributed by atoms with E-state index in [0.717, 1.165) is 16.8 Å². The second-order valence-corrected chi connectivity index (χ2v) is 5.85. The fourth-order valence-electron chi connectivity index (χ4n) is 1.87. The lowest BCUT2D eigenvalue weighted by atomic mass is 10.3. The van der Waals surface area contributed by atoms with Crippen LogP contribution in [0.1, 0.15) is 6.92 Å². The molecular weight excluding hydrogens is 284 g/mol. The Morgan fingerprint density at radius 1 is 1.14 bits per heavy atom. The third-order valence-electron chi connectivity index (χ3n) is 2.96. The van der Waals surface area contributed by atoms with E-state index in [4.69, 9.17) is 4.42 Å². The minimum absolute atomic E-state index is 0.0755. The smallest absolute Gasteiger partial charge is 0.257 e. The maximum absolute atomic E-state index is 12.1. The number of nitrogens with one attached hydrogen (secondary N) is 1. The van der Waals surface area contributed by atoms with Crippen molar-refractivity contribution in [1.29, 1.82) is 0 Å². The summed E-state index contributed by atoms with van der Waals surface area (Å²) in [5.41, 5.74) is 2.32. The third kappa shape index (κ3) is 3.25. The molecule has 2 aromatic carbocycles. The maximum atomic E-state index is 12.1. The molecule has 0 radical (unpaired) electrons. The molecule has 1 aromatic heterocycles. The molecule has 4 nitrogen and oxygen atoms in total. The molecule has 0 aliphatic carbocycles. The number of aromatic nitrogens is 1. The number of nitrogens with zero attached hydrogens (tertiary/aromatic N) is 1. The zero-order valence-corrected chi connectivity index (χ0v) is 12.3. The highest BCUT2D eigenvalue weighted by atomic mass is 32.2. The second-order valence-electron chi connectivity index (χ2n) is 4.56. The number of carbonyl (C=O) groups is 1. The zero-order chi connectivity index (χ0) is 14.7. The topological polar surface area (TPSA) is 55.1 Å². The Morgan fingerprint density at radius 2 is 1.86 bits per heavy atom. The predicted octanol–water partition coefficient (Wildman–Crippen LogP) is 3.95. The number of thioether (sulfide) groups is 1. The minimum atomic E-state index is -0.293. The van der Waals surface area contributed by atoms with E-state index in [1.54, 1.807) is 0 Å². The van der Waals surface area contributed by atoms with Gasteiger partial charge in [0.05, 0.1) is 5.25 Å². The van der Waals surface area contributed by atoms with Crippen molar-refractivity contribution in [2.24, 2.45) is 0 Å². The van der Waals surface area contributed by atoms with Crippen LogP contribution in [0.2, 0.25) is 0 Å². The van der Waals surface area contributed by atoms with Crippen LogP contribution in [-0.2, 0) is 4.79 Å². The molecule has 1 heterocycles. The molecule has 1 amide bonds. The zero-order valence-electron chi connectivity index (χ0n) is 11.4. The molecule has 1 N–H and O–H groups in total. The molecular formula is C16H14N2O2S. The molecule has 3 rings (SSSR count). The fraction of sp³-hybridized carbons (Fsp3) is 0.125. The molecule has 0 saturated carbocycles. The van der Waals surface area contributed by atoms with Crippen LogP contribution in [0.15, 0.2) is 64.2 Å². The number of fused-ring (bicyclic) bond motifs is 1. The number of carbonyl (C=O) groups excluding carboxylic acids is 1. The lowest BCUT2D eigenvalue weighted by molar-refractivity contribution is -0.115. The molecule has 21 heavy (non-hydrogen) atoms. The molecule has 5 heteroatoms. The number of rotatable bonds is 4. The Hall–Kier alpha value is -2.27. The van der Waals surface area contributed by atoms with Gasteiger partial charge in [0.25, 0.3) is 5.22 Å². The highest BCUT2D eigenvalue weighted by molar-refractivity contribution is 8.00. The first kappa shape index (κ1) is 13.7. The van der Waals surface area contributed by atoms with Crippen molar-refractivity contribution >= 4 is 34.5 Å². The number of amides is 1. The van der Waals surface area contributed by atoms with E-state index in [-0.39, 0.29) is 11.2 Å². The molecule has 1 atom stereocenters. The van der Waals surface area contributed by atoms with Gasteiger partial charge in [0.15, 0.2) is 5.58 Å². The van der Waals surface area contributed by atoms with Crippen molar-refractivity contribution in [1.82, 2.24) is 4.98 Å². The summed E-state index contributed by atoms with van der Waals surface area (Å²) in [4.78, 5) is 16.5. The Balaban J connectivity index is 1.67. The number of oxazole rings is 1. The Bertz CT molecular complexity index is 722. The van der Waals surface area contributed by atoms with Gasteiger partial charge in [-0.15, -0.1) is 0 Å². The lowest BCUT2D eigenvalue weighted by Crippen LogP contribution is -2.22. The summed E-state index contributed by atoms with van der Waals surface area (Å²) in [6.45, 7) is 1.83. The average molecular weight is 298 g/mol. The van der Waals surface area contributed by atoms with E-state index in [2.05, 4.69) is 10.3 Å². The van der Waals surface area contributed by atoms with Crippen molar-refractivity contribution in [3.63, 3.8) is 0 Å². The quantitative estimate of drug-likeness (QED) is 0.741. The summed E-state index contributed by atoms with van der Waals surface area (Å²) in [7, 11) is 0. The molecule has 3 aromatic rings. The normalized spacial score (nSPS) is 12.2. The molecule has 0 bridgehead atoms. The average Bonchev–Trinajstić information content (AvgIpc) is 2.90. The number of hydrogen-bond donors (Lipinski definition) is 1. The molecule has 0 fully saturated rings. The van der Waals surface area contributed by atoms with Crippen LogP contribution in [0.5, 0.6) is 0 Å². The van der Waals surface area contributed by atoms with Crippen molar-refractivity contribution in [2.45, 2.75) is 17.4 Å². The summed E-state index contributed by atoms with van der Waals surface area (Å²) >= 11 is 1.31. The van der Waals surface area contributed by atoms with E-state index < -0.39 is 0 Å². The highest BCUT2D eigenvalue weighted by Gasteiger charge is 2.18. The first-order valence-corrected chi connectivity index (χ1v) is 7.48. The van der Waals surface area contributed by atoms with Gasteiger partial charge in [0, 0.05) is 5.69 Å². The van der Waals surface area contributed by atoms with Crippen LogP contribution in [0, 0.1) is 0 Å². The van der Waals surface area contributed by atoms with E-state index in [1.165, 1.54) is 11.8 Å². The standard InChI is InChI=1S/C16H14N2O2S/c1-11(15(19)17-12-7-3-2-4-8-12)21-16-18-13-9-5-6-10-14(13)20-16/h2-11H,1H3,(H,17,19)/t11-/m0/s1. The van der Waals surface area contributed by atoms with Crippen molar-refractivity contribution in [2.75, 3.05) is 5.32 Å². The fourth-order valence-corrected chi connectivity index (χ4v) is 2.63. The summed E-state index contributed by atoms with van der Waals surface area (Å²) in [5.74, 6) is -0.0755. The van der Waals surface area contributed by atoms with Gasteiger partial charge in [0.2, 0.25) is 5.91 Å². The molecule has 0 saturated heterocycles. The van der Waals surface area contributed by atoms with E-state index >= 15 is 0 Å². The van der Waals surface area contributed by atoms with Crippen LogP contribution >= 0.6 is 11.8 Å². The van der Waals surface area contributed by atoms with Gasteiger partial charge in [-0.05, 0) is 31.2 Å². The maximum Gasteiger partial charge on any atom is 0.257 e. The van der Waals surface area contributed by atoms with Gasteiger partial charge < -0.3 is 9.73 Å². The van der Waals surface area contributed by atoms with Gasteiger partial charge in [-0.3, -0.25) is 4.79 Å². The van der Waals surface area contributed by atoms with Crippen LogP contribution in [-0.4, -0.2) is 16.1 Å². The van der Waals surface area contributed by atoms with Crippen molar-refractivity contribution < 1.29 is 9.21 Å². The van der Waals surface area contributed by atoms with Crippen LogP contribution in [0.3, 0.4) is 0 Å². The first-order chi connectivity index (χ1) is 10.2. The Kier molecular flexibility index (Phi) is 3.92. The number of benzene rings is 2. The summed E-state index contributed by atoms with van der Waals surface area (Å²) < 4.78 is 5.61. The summed E-state index contributed by atoms with van der Waals surface area (Å²) in [5, 5.41) is 3.08. The van der Waals surface area contributed by atoms with E-state index in [0.29, 0.717) is 5.22 Å². The Morgan fingerprint density at radius 3 is 2.62 bits per heavy atom. The minimum Gasteiger partial charge on any atom is -0.431 e. The Labute approximate surface area is 126 Å². The SMILES string of the molecule is C[C@H](Sc1nc2ccccc2o1)C(=O)Nc1ccccc1. The number of anilines is 1. The molecule has 0 spiro atoms. The highest BCUT2D eigenvalue weighted by Crippen LogP contribution is 2.27. The largest absolute Gasteiger partial charge is 0.431 e. The van der Waals surface area contributed by atoms with E-state index in [1.807, 2.05) is 61.5 Å². The second kappa shape index (κ2) is 6.01. The van der Waals surface area contributed by atoms with Crippen LogP contribution in [0.4, 0.5) is 5.69 Å². The van der Waals surface area contributed by atoms with Crippen LogP contribution < -0.4 is 5.32 Å². The summed E-state index contributed by atoms with van der Waals surface area (Å²) in [6.07, 6.45) is 0. The monoisotopic (exact) mass is 298 g/mol. The van der Waals surface area contributed by atoms with Gasteiger partial charge in [0.1, 0.15) is 5.52 Å². The number of para-hydroxylation sites is 3. The third-order valence-corrected chi connectivity index (χ3v) is 3.91.